The third-order valence-corrected chi connectivity index (χ3v) is 3.96. The number of benzene rings is 1. The van der Waals surface area contributed by atoms with Crippen molar-refractivity contribution in [1.29, 1.82) is 0 Å². The zero-order valence-electron chi connectivity index (χ0n) is 12.3. The van der Waals surface area contributed by atoms with Gasteiger partial charge in [-0.3, -0.25) is 0 Å². The largest absolute Gasteiger partial charge is 0.493 e. The maximum absolute atomic E-state index is 5.96. The van der Waals surface area contributed by atoms with Crippen molar-refractivity contribution < 1.29 is 18.9 Å². The molecule has 1 heterocycles. The van der Waals surface area contributed by atoms with Crippen molar-refractivity contribution in [1.82, 2.24) is 0 Å². The highest BCUT2D eigenvalue weighted by atomic mass is 32.1. The molecule has 2 aromatic rings. The quantitative estimate of drug-likeness (QED) is 0.852. The molecule has 0 aliphatic rings. The van der Waals surface area contributed by atoms with E-state index < -0.39 is 0 Å². The molecular weight excluding hydrogens is 290 g/mol. The molecule has 5 nitrogen and oxygen atoms in total. The molecule has 21 heavy (non-hydrogen) atoms. The fraction of sp³-hybridized carbons (Fsp3) is 0.333. The highest BCUT2D eigenvalue weighted by molar-refractivity contribution is 7.10. The van der Waals surface area contributed by atoms with Crippen LogP contribution < -0.4 is 24.7 Å². The van der Waals surface area contributed by atoms with Gasteiger partial charge in [0.05, 0.1) is 21.3 Å². The Labute approximate surface area is 128 Å². The van der Waals surface area contributed by atoms with Gasteiger partial charge < -0.3 is 24.7 Å². The summed E-state index contributed by atoms with van der Waals surface area (Å²) < 4.78 is 21.9. The van der Waals surface area contributed by atoms with E-state index in [9.17, 15) is 0 Å². The number of hydrogen-bond acceptors (Lipinski definition) is 6. The molecule has 0 saturated heterocycles. The van der Waals surface area contributed by atoms with Gasteiger partial charge in [-0.05, 0) is 11.4 Å². The van der Waals surface area contributed by atoms with Crippen LogP contribution in [0.3, 0.4) is 0 Å². The van der Waals surface area contributed by atoms with Gasteiger partial charge in [0.15, 0.2) is 11.5 Å². The first-order valence-electron chi connectivity index (χ1n) is 6.43. The first-order chi connectivity index (χ1) is 10.2. The van der Waals surface area contributed by atoms with Gasteiger partial charge >= 0.3 is 0 Å². The van der Waals surface area contributed by atoms with E-state index in [-0.39, 0.29) is 6.10 Å². The Morgan fingerprint density at radius 3 is 2.19 bits per heavy atom. The van der Waals surface area contributed by atoms with Crippen molar-refractivity contribution in [3.63, 3.8) is 0 Å². The van der Waals surface area contributed by atoms with Gasteiger partial charge in [0.1, 0.15) is 11.9 Å². The van der Waals surface area contributed by atoms with Crippen LogP contribution in [0.15, 0.2) is 29.6 Å². The summed E-state index contributed by atoms with van der Waals surface area (Å²) in [6.07, 6.45) is -0.201. The number of hydrogen-bond donors (Lipinski definition) is 1. The summed E-state index contributed by atoms with van der Waals surface area (Å²) in [5.74, 6) is 2.25. The molecular formula is C15H19NO4S. The SMILES string of the molecule is COc1cc(OC(CN)c2cccs2)cc(OC)c1OC. The van der Waals surface area contributed by atoms with E-state index in [2.05, 4.69) is 0 Å². The van der Waals surface area contributed by atoms with Gasteiger partial charge in [0, 0.05) is 23.6 Å². The summed E-state index contributed by atoms with van der Waals surface area (Å²) >= 11 is 1.61. The molecule has 0 bridgehead atoms. The molecule has 1 unspecified atom stereocenters. The fourth-order valence-corrected chi connectivity index (χ4v) is 2.75. The van der Waals surface area contributed by atoms with Crippen molar-refractivity contribution >= 4 is 11.3 Å². The molecule has 0 spiro atoms. The zero-order valence-corrected chi connectivity index (χ0v) is 13.1. The summed E-state index contributed by atoms with van der Waals surface area (Å²) in [6.45, 7) is 0.386. The maximum Gasteiger partial charge on any atom is 0.203 e. The first kappa shape index (κ1) is 15.5. The average Bonchev–Trinajstić information content (AvgIpc) is 3.05. The zero-order chi connectivity index (χ0) is 15.2. The normalized spacial score (nSPS) is 11.8. The lowest BCUT2D eigenvalue weighted by Crippen LogP contribution is -2.17. The van der Waals surface area contributed by atoms with Crippen LogP contribution in [-0.2, 0) is 0 Å². The van der Waals surface area contributed by atoms with Gasteiger partial charge in [-0.2, -0.15) is 0 Å². The highest BCUT2D eigenvalue weighted by Gasteiger charge is 2.17. The molecule has 6 heteroatoms. The Morgan fingerprint density at radius 1 is 1.10 bits per heavy atom. The van der Waals surface area contributed by atoms with Crippen LogP contribution in [-0.4, -0.2) is 27.9 Å². The molecule has 114 valence electrons. The Bertz CT molecular complexity index is 546. The minimum Gasteiger partial charge on any atom is -0.493 e. The lowest BCUT2D eigenvalue weighted by Gasteiger charge is -2.19. The average molecular weight is 309 g/mol. The smallest absolute Gasteiger partial charge is 0.203 e. The van der Waals surface area contributed by atoms with E-state index >= 15 is 0 Å². The van der Waals surface area contributed by atoms with E-state index in [1.165, 1.54) is 0 Å². The molecule has 0 saturated carbocycles. The second-order valence-electron chi connectivity index (χ2n) is 4.22. The van der Waals surface area contributed by atoms with Gasteiger partial charge in [-0.15, -0.1) is 11.3 Å². The molecule has 0 amide bonds. The van der Waals surface area contributed by atoms with Crippen molar-refractivity contribution in [2.75, 3.05) is 27.9 Å². The van der Waals surface area contributed by atoms with Gasteiger partial charge in [0.25, 0.3) is 0 Å². The molecule has 1 aromatic carbocycles. The Kier molecular flexibility index (Phi) is 5.30. The minimum atomic E-state index is -0.201. The van der Waals surface area contributed by atoms with Gasteiger partial charge in [-0.25, -0.2) is 0 Å². The molecule has 2 N–H and O–H groups in total. The van der Waals surface area contributed by atoms with E-state index in [0.717, 1.165) is 4.88 Å². The van der Waals surface area contributed by atoms with Crippen LogP contribution >= 0.6 is 11.3 Å². The van der Waals surface area contributed by atoms with Crippen LogP contribution in [0.5, 0.6) is 23.0 Å². The van der Waals surface area contributed by atoms with Crippen molar-refractivity contribution in [3.05, 3.63) is 34.5 Å². The first-order valence-corrected chi connectivity index (χ1v) is 7.31. The highest BCUT2D eigenvalue weighted by Crippen LogP contribution is 2.41. The Balaban J connectivity index is 2.31. The minimum absolute atomic E-state index is 0.201. The number of nitrogens with two attached hydrogens (primary N) is 1. The predicted octanol–water partition coefficient (Wildman–Crippen LogP) is 2.85. The van der Waals surface area contributed by atoms with Crippen molar-refractivity contribution in [3.8, 4) is 23.0 Å². The topological polar surface area (TPSA) is 62.9 Å². The van der Waals surface area contributed by atoms with Crippen molar-refractivity contribution in [2.45, 2.75) is 6.10 Å². The molecule has 0 aliphatic carbocycles. The van der Waals surface area contributed by atoms with Crippen LogP contribution in [0.2, 0.25) is 0 Å². The summed E-state index contributed by atoms with van der Waals surface area (Å²) in [5.41, 5.74) is 5.80. The van der Waals surface area contributed by atoms with Gasteiger partial charge in [0.2, 0.25) is 5.75 Å². The van der Waals surface area contributed by atoms with E-state index in [1.54, 1.807) is 44.8 Å². The van der Waals surface area contributed by atoms with E-state index in [1.807, 2.05) is 17.5 Å². The van der Waals surface area contributed by atoms with Crippen LogP contribution in [0, 0.1) is 0 Å². The lowest BCUT2D eigenvalue weighted by atomic mass is 10.2. The van der Waals surface area contributed by atoms with Crippen LogP contribution in [0.25, 0.3) is 0 Å². The van der Waals surface area contributed by atoms with E-state index in [0.29, 0.717) is 29.5 Å². The summed E-state index contributed by atoms with van der Waals surface area (Å²) in [4.78, 5) is 1.08. The van der Waals surface area contributed by atoms with Crippen molar-refractivity contribution in [2.24, 2.45) is 5.73 Å². The number of rotatable bonds is 7. The van der Waals surface area contributed by atoms with Crippen LogP contribution in [0.1, 0.15) is 11.0 Å². The number of thiophene rings is 1. The summed E-state index contributed by atoms with van der Waals surface area (Å²) in [6, 6.07) is 7.50. The third-order valence-electron chi connectivity index (χ3n) is 2.99. The molecule has 2 rings (SSSR count). The van der Waals surface area contributed by atoms with Gasteiger partial charge in [-0.1, -0.05) is 6.07 Å². The second-order valence-corrected chi connectivity index (χ2v) is 5.20. The molecule has 1 aromatic heterocycles. The second kappa shape index (κ2) is 7.19. The third kappa shape index (κ3) is 3.40. The standard InChI is InChI=1S/C15H19NO4S/c1-17-11-7-10(8-12(18-2)15(11)19-3)20-13(9-16)14-5-4-6-21-14/h4-8,13H,9,16H2,1-3H3. The monoisotopic (exact) mass is 309 g/mol. The summed E-state index contributed by atoms with van der Waals surface area (Å²) in [7, 11) is 4.71. The van der Waals surface area contributed by atoms with Crippen LogP contribution in [0.4, 0.5) is 0 Å². The maximum atomic E-state index is 5.96. The molecule has 0 radical (unpaired) electrons. The predicted molar refractivity (Wildman–Crippen MR) is 82.8 cm³/mol. The molecule has 0 aliphatic heterocycles. The fourth-order valence-electron chi connectivity index (χ4n) is 1.99. The Morgan fingerprint density at radius 2 is 1.76 bits per heavy atom. The lowest BCUT2D eigenvalue weighted by molar-refractivity contribution is 0.215. The number of ether oxygens (including phenoxy) is 4. The Hall–Kier alpha value is -1.92. The molecule has 0 fully saturated rings. The molecule has 1 atom stereocenters. The number of methoxy groups -OCH3 is 3. The summed E-state index contributed by atoms with van der Waals surface area (Å²) in [5, 5.41) is 2.00. The van der Waals surface area contributed by atoms with E-state index in [4.69, 9.17) is 24.7 Å².